The van der Waals surface area contributed by atoms with E-state index in [-0.39, 0.29) is 11.3 Å². The van der Waals surface area contributed by atoms with Crippen LogP contribution in [0.3, 0.4) is 0 Å². The SMILES string of the molecule is Cc1ccc(COc2ccc(-c3cc(C(F)(F)F)n4ncc(-c5ccccc5)c4n3)cc2)cc1. The van der Waals surface area contributed by atoms with Gasteiger partial charge < -0.3 is 4.74 Å². The van der Waals surface area contributed by atoms with Gasteiger partial charge in [-0.25, -0.2) is 9.50 Å². The number of halogens is 3. The van der Waals surface area contributed by atoms with Gasteiger partial charge in [0.15, 0.2) is 11.3 Å². The van der Waals surface area contributed by atoms with Gasteiger partial charge in [-0.1, -0.05) is 60.2 Å². The minimum Gasteiger partial charge on any atom is -0.489 e. The highest BCUT2D eigenvalue weighted by Crippen LogP contribution is 2.35. The molecular formula is C27H20F3N3O. The van der Waals surface area contributed by atoms with Gasteiger partial charge in [-0.15, -0.1) is 0 Å². The molecule has 0 aliphatic heterocycles. The molecule has 4 nitrogen and oxygen atoms in total. The Kier molecular flexibility index (Phi) is 5.53. The Balaban J connectivity index is 1.49. The molecule has 7 heteroatoms. The smallest absolute Gasteiger partial charge is 0.433 e. The summed E-state index contributed by atoms with van der Waals surface area (Å²) in [5.41, 5.74) is 3.51. The second-order valence-electron chi connectivity index (χ2n) is 7.98. The van der Waals surface area contributed by atoms with Crippen molar-refractivity contribution in [3.8, 4) is 28.1 Å². The highest BCUT2D eigenvalue weighted by molar-refractivity contribution is 5.79. The molecule has 170 valence electrons. The molecule has 5 aromatic rings. The fraction of sp³-hybridized carbons (Fsp3) is 0.111. The largest absolute Gasteiger partial charge is 0.489 e. The van der Waals surface area contributed by atoms with Gasteiger partial charge in [0.25, 0.3) is 0 Å². The van der Waals surface area contributed by atoms with E-state index in [1.807, 2.05) is 61.5 Å². The van der Waals surface area contributed by atoms with E-state index in [2.05, 4.69) is 10.1 Å². The van der Waals surface area contributed by atoms with Crippen molar-refractivity contribution in [2.75, 3.05) is 0 Å². The van der Waals surface area contributed by atoms with Gasteiger partial charge in [0.05, 0.1) is 11.9 Å². The Labute approximate surface area is 194 Å². The summed E-state index contributed by atoms with van der Waals surface area (Å²) in [6.07, 6.45) is -3.17. The van der Waals surface area contributed by atoms with Crippen LogP contribution in [0.5, 0.6) is 5.75 Å². The second kappa shape index (κ2) is 8.67. The Morgan fingerprint density at radius 1 is 0.853 bits per heavy atom. The normalized spacial score (nSPS) is 11.6. The molecule has 0 unspecified atom stereocenters. The third-order valence-corrected chi connectivity index (χ3v) is 5.52. The molecule has 34 heavy (non-hydrogen) atoms. The summed E-state index contributed by atoms with van der Waals surface area (Å²) < 4.78 is 48.3. The molecule has 0 amide bonds. The maximum absolute atomic E-state index is 13.9. The average Bonchev–Trinajstić information content (AvgIpc) is 3.27. The first-order valence-corrected chi connectivity index (χ1v) is 10.7. The van der Waals surface area contributed by atoms with Gasteiger partial charge >= 0.3 is 6.18 Å². The summed E-state index contributed by atoms with van der Waals surface area (Å²) in [5, 5.41) is 3.98. The highest BCUT2D eigenvalue weighted by atomic mass is 19.4. The fourth-order valence-corrected chi connectivity index (χ4v) is 3.71. The van der Waals surface area contributed by atoms with Crippen molar-refractivity contribution in [1.29, 1.82) is 0 Å². The molecule has 0 fully saturated rings. The molecule has 0 saturated heterocycles. The van der Waals surface area contributed by atoms with Crippen LogP contribution in [0.15, 0.2) is 91.1 Å². The topological polar surface area (TPSA) is 39.4 Å². The summed E-state index contributed by atoms with van der Waals surface area (Å²) in [6.45, 7) is 2.42. The predicted octanol–water partition coefficient (Wildman–Crippen LogP) is 6.97. The minimum atomic E-state index is -4.59. The number of aryl methyl sites for hydroxylation is 1. The first kappa shape index (κ1) is 21.7. The lowest BCUT2D eigenvalue weighted by atomic mass is 10.1. The van der Waals surface area contributed by atoms with Crippen molar-refractivity contribution in [3.05, 3.63) is 108 Å². The van der Waals surface area contributed by atoms with Crippen LogP contribution >= 0.6 is 0 Å². The van der Waals surface area contributed by atoms with Crippen LogP contribution in [0.2, 0.25) is 0 Å². The van der Waals surface area contributed by atoms with Gasteiger partial charge in [0.2, 0.25) is 0 Å². The Hall–Kier alpha value is -4.13. The zero-order valence-corrected chi connectivity index (χ0v) is 18.3. The van der Waals surface area contributed by atoms with E-state index in [4.69, 9.17) is 4.74 Å². The van der Waals surface area contributed by atoms with E-state index in [1.165, 1.54) is 11.8 Å². The van der Waals surface area contributed by atoms with E-state index < -0.39 is 11.9 Å². The van der Waals surface area contributed by atoms with E-state index >= 15 is 0 Å². The Bertz CT molecular complexity index is 1430. The standard InChI is InChI=1S/C27H20F3N3O/c1-18-7-9-19(10-8-18)17-34-22-13-11-21(12-14-22)24-15-25(27(28,29)30)33-26(32-24)23(16-31-33)20-5-3-2-4-6-20/h2-16H,17H2,1H3. The van der Waals surface area contributed by atoms with Gasteiger partial charge in [-0.2, -0.15) is 18.3 Å². The molecule has 0 spiro atoms. The number of alkyl halides is 3. The molecule has 0 bridgehead atoms. The maximum Gasteiger partial charge on any atom is 0.433 e. The number of rotatable bonds is 5. The quantitative estimate of drug-likeness (QED) is 0.285. The van der Waals surface area contributed by atoms with Crippen molar-refractivity contribution in [1.82, 2.24) is 14.6 Å². The number of benzene rings is 3. The predicted molar refractivity (Wildman–Crippen MR) is 124 cm³/mol. The van der Waals surface area contributed by atoms with Gasteiger partial charge in [-0.05, 0) is 48.4 Å². The van der Waals surface area contributed by atoms with Crippen LogP contribution in [0.1, 0.15) is 16.8 Å². The van der Waals surface area contributed by atoms with Crippen LogP contribution in [0.25, 0.3) is 28.0 Å². The summed E-state index contributed by atoms with van der Waals surface area (Å²) >= 11 is 0. The Morgan fingerprint density at radius 3 is 2.24 bits per heavy atom. The molecule has 2 aromatic heterocycles. The molecular weight excluding hydrogens is 439 g/mol. The molecule has 0 aliphatic carbocycles. The number of hydrogen-bond acceptors (Lipinski definition) is 3. The average molecular weight is 459 g/mol. The zero-order chi connectivity index (χ0) is 23.7. The Morgan fingerprint density at radius 2 is 1.56 bits per heavy atom. The molecule has 0 radical (unpaired) electrons. The first-order chi connectivity index (χ1) is 16.4. The zero-order valence-electron chi connectivity index (χ0n) is 18.3. The summed E-state index contributed by atoms with van der Waals surface area (Å²) in [7, 11) is 0. The van der Waals surface area contributed by atoms with Crippen molar-refractivity contribution >= 4 is 5.65 Å². The van der Waals surface area contributed by atoms with E-state index in [0.29, 0.717) is 23.5 Å². The van der Waals surface area contributed by atoms with E-state index in [9.17, 15) is 13.2 Å². The fourth-order valence-electron chi connectivity index (χ4n) is 3.71. The van der Waals surface area contributed by atoms with Crippen LogP contribution < -0.4 is 4.74 Å². The maximum atomic E-state index is 13.9. The van der Waals surface area contributed by atoms with Crippen LogP contribution in [-0.2, 0) is 12.8 Å². The molecule has 2 heterocycles. The third kappa shape index (κ3) is 4.37. The van der Waals surface area contributed by atoms with E-state index in [1.54, 1.807) is 24.3 Å². The lowest BCUT2D eigenvalue weighted by molar-refractivity contribution is -0.142. The lowest BCUT2D eigenvalue weighted by Gasteiger charge is -2.12. The van der Waals surface area contributed by atoms with Crippen molar-refractivity contribution in [2.24, 2.45) is 0 Å². The third-order valence-electron chi connectivity index (χ3n) is 5.52. The highest BCUT2D eigenvalue weighted by Gasteiger charge is 2.35. The molecule has 5 rings (SSSR count). The van der Waals surface area contributed by atoms with Crippen molar-refractivity contribution in [2.45, 2.75) is 19.7 Å². The molecule has 0 saturated carbocycles. The monoisotopic (exact) mass is 459 g/mol. The second-order valence-corrected chi connectivity index (χ2v) is 7.98. The number of aromatic nitrogens is 3. The first-order valence-electron chi connectivity index (χ1n) is 10.7. The van der Waals surface area contributed by atoms with Crippen molar-refractivity contribution in [3.63, 3.8) is 0 Å². The number of hydrogen-bond donors (Lipinski definition) is 0. The minimum absolute atomic E-state index is 0.149. The van der Waals surface area contributed by atoms with Gasteiger partial charge in [-0.3, -0.25) is 0 Å². The van der Waals surface area contributed by atoms with Gasteiger partial charge in [0.1, 0.15) is 12.4 Å². The summed E-state index contributed by atoms with van der Waals surface area (Å²) in [6, 6.07) is 25.1. The lowest BCUT2D eigenvalue weighted by Crippen LogP contribution is -2.13. The number of fused-ring (bicyclic) bond motifs is 1. The summed E-state index contributed by atoms with van der Waals surface area (Å²) in [4.78, 5) is 4.55. The molecule has 0 atom stereocenters. The van der Waals surface area contributed by atoms with Crippen LogP contribution in [0.4, 0.5) is 13.2 Å². The number of nitrogens with zero attached hydrogens (tertiary/aromatic N) is 3. The molecule has 0 aliphatic rings. The van der Waals surface area contributed by atoms with E-state index in [0.717, 1.165) is 21.7 Å². The van der Waals surface area contributed by atoms with Crippen molar-refractivity contribution < 1.29 is 17.9 Å². The molecule has 3 aromatic carbocycles. The van der Waals surface area contributed by atoms with Gasteiger partial charge in [0, 0.05) is 11.1 Å². The number of ether oxygens (including phenoxy) is 1. The summed E-state index contributed by atoms with van der Waals surface area (Å²) in [5.74, 6) is 0.621. The van der Waals surface area contributed by atoms with Crippen LogP contribution in [0, 0.1) is 6.92 Å². The molecule has 0 N–H and O–H groups in total. The van der Waals surface area contributed by atoms with Crippen LogP contribution in [-0.4, -0.2) is 14.6 Å².